The number of carbonyl (C=O) groups excluding carboxylic acids is 2. The Bertz CT molecular complexity index is 1630. The molecule has 0 unspecified atom stereocenters. The van der Waals surface area contributed by atoms with Gasteiger partial charge in [0.2, 0.25) is 11.6 Å². The van der Waals surface area contributed by atoms with E-state index in [0.29, 0.717) is 45.1 Å². The number of fused-ring (bicyclic) bond motifs is 2. The van der Waals surface area contributed by atoms with Crippen LogP contribution in [0.2, 0.25) is 0 Å². The van der Waals surface area contributed by atoms with Crippen LogP contribution in [-0.2, 0) is 0 Å². The van der Waals surface area contributed by atoms with Crippen molar-refractivity contribution >= 4 is 35.5 Å². The summed E-state index contributed by atoms with van der Waals surface area (Å²) in [5.41, 5.74) is 4.44. The number of hydrogen-bond donors (Lipinski definition) is 0. The fraction of sp³-hybridized carbons (Fsp3) is 0.148. The van der Waals surface area contributed by atoms with Gasteiger partial charge in [0.1, 0.15) is 5.71 Å². The van der Waals surface area contributed by atoms with Crippen molar-refractivity contribution in [3.8, 4) is 0 Å². The van der Waals surface area contributed by atoms with Crippen LogP contribution in [0.1, 0.15) is 57.1 Å². The Morgan fingerprint density at radius 3 is 2.00 bits per heavy atom. The van der Waals surface area contributed by atoms with Crippen LogP contribution in [0.25, 0.3) is 5.57 Å². The van der Waals surface area contributed by atoms with Crippen molar-refractivity contribution in [2.24, 2.45) is 0 Å². The molecule has 0 saturated heterocycles. The van der Waals surface area contributed by atoms with Crippen LogP contribution in [0.5, 0.6) is 0 Å². The molecule has 7 nitrogen and oxygen atoms in total. The summed E-state index contributed by atoms with van der Waals surface area (Å²) in [6.45, 7) is 2.82. The van der Waals surface area contributed by atoms with Gasteiger partial charge in [-0.3, -0.25) is 19.7 Å². The third-order valence-corrected chi connectivity index (χ3v) is 6.92. The minimum atomic E-state index is -4.10. The third-order valence-electron chi connectivity index (χ3n) is 6.92. The smallest absolute Gasteiger partial charge is 0.393 e. The van der Waals surface area contributed by atoms with Gasteiger partial charge in [-0.2, -0.15) is 0 Å². The van der Waals surface area contributed by atoms with Crippen molar-refractivity contribution in [1.29, 1.82) is 0 Å². The number of carbonyl (C=O) groups is 2. The third kappa shape index (κ3) is 3.59. The first-order chi connectivity index (χ1) is 17.4. The van der Waals surface area contributed by atoms with E-state index in [2.05, 4.69) is 0 Å². The van der Waals surface area contributed by atoms with Gasteiger partial charge in [-0.05, 0) is 55.8 Å². The number of rotatable bonds is 5. The molecular weight excluding hydrogens is 479 g/mol. The highest BCUT2D eigenvalue weighted by atomic mass is 19.2. The van der Waals surface area contributed by atoms with E-state index in [1.165, 1.54) is 36.4 Å². The number of aromatic nitrogens is 1. The van der Waals surface area contributed by atoms with E-state index in [9.17, 15) is 19.7 Å². The zero-order chi connectivity index (χ0) is 26.8. The summed E-state index contributed by atoms with van der Waals surface area (Å²) in [6.07, 6.45) is 1.74. The molecule has 2 aromatic carbocycles. The molecule has 1 aromatic heterocycles. The van der Waals surface area contributed by atoms with Gasteiger partial charge in [0, 0.05) is 47.5 Å². The fourth-order valence-electron chi connectivity index (χ4n) is 5.36. The predicted molar refractivity (Wildman–Crippen MR) is 136 cm³/mol. The Labute approximate surface area is 211 Å². The van der Waals surface area contributed by atoms with E-state index < -0.39 is 23.5 Å². The molecule has 0 radical (unpaired) electrons. The summed E-state index contributed by atoms with van der Waals surface area (Å²) in [4.78, 5) is 35.8. The van der Waals surface area contributed by atoms with Crippen LogP contribution in [0.4, 0.5) is 14.3 Å². The molecular formula is C27H22BF2N3O4. The number of nitrogens with zero attached hydrogens (tertiary/aromatic N) is 3. The first kappa shape index (κ1) is 24.2. The highest BCUT2D eigenvalue weighted by Crippen LogP contribution is 2.44. The summed E-state index contributed by atoms with van der Waals surface area (Å²) in [6, 6.07) is 12.9. The predicted octanol–water partition coefficient (Wildman–Crippen LogP) is 5.51. The van der Waals surface area contributed by atoms with E-state index in [4.69, 9.17) is 0 Å². The van der Waals surface area contributed by atoms with E-state index >= 15 is 8.63 Å². The molecule has 0 bridgehead atoms. The number of ketones is 2. The number of benzene rings is 2. The number of halogens is 2. The Balaban J connectivity index is 1.57. The minimum absolute atomic E-state index is 0.0404. The van der Waals surface area contributed by atoms with E-state index in [1.54, 1.807) is 52.0 Å². The van der Waals surface area contributed by atoms with Crippen LogP contribution in [0.3, 0.4) is 0 Å². The lowest BCUT2D eigenvalue weighted by Crippen LogP contribution is -2.51. The Morgan fingerprint density at radius 1 is 0.919 bits per heavy atom. The first-order valence-corrected chi connectivity index (χ1v) is 11.6. The van der Waals surface area contributed by atoms with E-state index in [0.717, 1.165) is 8.96 Å². The van der Waals surface area contributed by atoms with Crippen molar-refractivity contribution in [3.63, 3.8) is 0 Å². The number of Topliss-reactive ketones (excluding diaryl/α,β-unsaturated/α-hetero) is 2. The molecule has 0 saturated carbocycles. The average Bonchev–Trinajstić information content (AvgIpc) is 3.34. The monoisotopic (exact) mass is 501 g/mol. The lowest BCUT2D eigenvalue weighted by atomic mass is 9.83. The Kier molecular flexibility index (Phi) is 5.43. The van der Waals surface area contributed by atoms with Crippen molar-refractivity contribution in [3.05, 3.63) is 116 Å². The molecule has 0 aliphatic carbocycles. The summed E-state index contributed by atoms with van der Waals surface area (Å²) >= 11 is 0. The van der Waals surface area contributed by atoms with Gasteiger partial charge < -0.3 is 17.6 Å². The van der Waals surface area contributed by atoms with Crippen LogP contribution in [0.15, 0.2) is 71.9 Å². The van der Waals surface area contributed by atoms with Gasteiger partial charge in [-0.25, -0.2) is 0 Å². The number of nitro benzene ring substituents is 1. The fourth-order valence-corrected chi connectivity index (χ4v) is 5.36. The summed E-state index contributed by atoms with van der Waals surface area (Å²) in [7, 11) is 0. The SMILES string of the molecule is CC1=CC(C)=[N+]2C1=C(c1ccc(C(=O)C(=O)c3ccc([N+](=O)[O-])cc3)cc1)c1c(C)cc(C)n1[B-]2(F)F. The topological polar surface area (TPSA) is 85.2 Å². The lowest BCUT2D eigenvalue weighted by molar-refractivity contribution is -0.384. The molecule has 0 atom stereocenters. The maximum Gasteiger partial charge on any atom is 0.737 e. The van der Waals surface area contributed by atoms with Crippen molar-refractivity contribution in [2.45, 2.75) is 27.7 Å². The number of nitro groups is 1. The van der Waals surface area contributed by atoms with Gasteiger partial charge in [0.25, 0.3) is 5.69 Å². The van der Waals surface area contributed by atoms with Crippen LogP contribution in [0, 0.1) is 24.0 Å². The molecule has 0 spiro atoms. The quantitative estimate of drug-likeness (QED) is 0.152. The molecule has 2 aliphatic heterocycles. The summed E-state index contributed by atoms with van der Waals surface area (Å²) in [5.74, 6) is -1.56. The van der Waals surface area contributed by atoms with Crippen LogP contribution in [-0.4, -0.2) is 38.1 Å². The second-order valence-electron chi connectivity index (χ2n) is 9.38. The summed E-state index contributed by atoms with van der Waals surface area (Å²) in [5, 5.41) is 10.8. The maximum absolute atomic E-state index is 15.8. The highest BCUT2D eigenvalue weighted by Gasteiger charge is 2.55. The zero-order valence-electron chi connectivity index (χ0n) is 20.6. The lowest BCUT2D eigenvalue weighted by Gasteiger charge is -2.34. The standard InChI is InChI=1S/C27H22BF2N3O4/c1-15-13-17(3)31-24(15)23(25-16(2)14-18(4)32(25)28(31,29)30)19-5-7-20(8-6-19)26(34)27(35)21-9-11-22(12-10-21)33(36)37/h5-14H,1-4H3. The molecule has 5 rings (SSSR count). The van der Waals surface area contributed by atoms with E-state index in [1.807, 2.05) is 0 Å². The zero-order valence-corrected chi connectivity index (χ0v) is 20.6. The van der Waals surface area contributed by atoms with Crippen molar-refractivity contribution < 1.29 is 27.6 Å². The normalized spacial score (nSPS) is 15.9. The minimum Gasteiger partial charge on any atom is -0.393 e. The molecule has 3 aromatic rings. The molecule has 37 heavy (non-hydrogen) atoms. The van der Waals surface area contributed by atoms with Gasteiger partial charge in [-0.15, -0.1) is 0 Å². The first-order valence-electron chi connectivity index (χ1n) is 11.6. The Hall–Kier alpha value is -4.47. The molecule has 10 heteroatoms. The van der Waals surface area contributed by atoms with Gasteiger partial charge in [0.15, 0.2) is 5.70 Å². The van der Waals surface area contributed by atoms with Gasteiger partial charge in [0.05, 0.1) is 10.5 Å². The molecule has 2 aliphatic rings. The van der Waals surface area contributed by atoms with Gasteiger partial charge >= 0.3 is 6.97 Å². The van der Waals surface area contributed by atoms with Crippen molar-refractivity contribution in [2.75, 3.05) is 0 Å². The summed E-state index contributed by atoms with van der Waals surface area (Å²) < 4.78 is 33.7. The highest BCUT2D eigenvalue weighted by molar-refractivity contribution is 6.58. The number of non-ortho nitro benzene ring substituents is 1. The second kappa shape index (κ2) is 8.30. The molecule has 0 fully saturated rings. The average molecular weight is 501 g/mol. The van der Waals surface area contributed by atoms with Crippen molar-refractivity contribution in [1.82, 2.24) is 4.48 Å². The molecule has 0 amide bonds. The number of aryl methyl sites for hydroxylation is 2. The second-order valence-corrected chi connectivity index (χ2v) is 9.38. The van der Waals surface area contributed by atoms with Gasteiger partial charge in [-0.1, -0.05) is 24.3 Å². The van der Waals surface area contributed by atoms with Crippen LogP contribution < -0.4 is 0 Å². The largest absolute Gasteiger partial charge is 0.737 e. The number of hydrogen-bond acceptors (Lipinski definition) is 4. The molecule has 0 N–H and O–H groups in total. The van der Waals surface area contributed by atoms with Crippen LogP contribution >= 0.6 is 0 Å². The maximum atomic E-state index is 15.8. The number of allylic oxidation sites excluding steroid dienone is 2. The molecule has 186 valence electrons. The van der Waals surface area contributed by atoms with E-state index in [-0.39, 0.29) is 16.8 Å². The Morgan fingerprint density at radius 2 is 1.46 bits per heavy atom. The molecule has 3 heterocycles.